The molecule has 2 amide bonds. The number of hydrazine groups is 1. The van der Waals surface area contributed by atoms with Gasteiger partial charge in [0.25, 0.3) is 11.8 Å². The molecule has 0 bridgehead atoms. The molecule has 2 rings (SSSR count). The van der Waals surface area contributed by atoms with Crippen LogP contribution in [0.15, 0.2) is 42.5 Å². The molecule has 0 saturated heterocycles. The van der Waals surface area contributed by atoms with Crippen molar-refractivity contribution in [3.63, 3.8) is 0 Å². The van der Waals surface area contributed by atoms with Crippen LogP contribution < -0.4 is 10.9 Å². The van der Waals surface area contributed by atoms with Gasteiger partial charge < -0.3 is 0 Å². The number of nitrogens with one attached hydrogen (secondary N) is 2. The Hall–Kier alpha value is -2.54. The Balaban J connectivity index is 1.82. The van der Waals surface area contributed by atoms with Crippen molar-refractivity contribution in [3.8, 4) is 0 Å². The molecule has 132 valence electrons. The molecule has 0 fully saturated rings. The third kappa shape index (κ3) is 6.11. The Labute approximate surface area is 148 Å². The van der Waals surface area contributed by atoms with Gasteiger partial charge in [0.1, 0.15) is 11.6 Å². The van der Waals surface area contributed by atoms with E-state index in [2.05, 4.69) is 10.9 Å². The lowest BCUT2D eigenvalue weighted by Gasteiger charge is -2.08. The lowest BCUT2D eigenvalue weighted by Crippen LogP contribution is -2.43. The Bertz CT molecular complexity index is 786. The molecule has 2 aromatic carbocycles. The lowest BCUT2D eigenvalue weighted by molar-refractivity contribution is -0.119. The van der Waals surface area contributed by atoms with Crippen molar-refractivity contribution in [3.05, 3.63) is 70.5 Å². The average molecular weight is 362 g/mol. The zero-order chi connectivity index (χ0) is 18.4. The summed E-state index contributed by atoms with van der Waals surface area (Å²) in [6, 6.07) is 10.8. The van der Waals surface area contributed by atoms with Crippen molar-refractivity contribution < 1.29 is 18.2 Å². The van der Waals surface area contributed by atoms with Gasteiger partial charge in [-0.1, -0.05) is 29.3 Å². The van der Waals surface area contributed by atoms with E-state index in [0.717, 1.165) is 28.8 Å². The first-order valence-corrected chi connectivity index (χ1v) is 9.09. The quantitative estimate of drug-likeness (QED) is 0.801. The number of carbonyl (C=O) groups excluding carboxylic acids is 2. The van der Waals surface area contributed by atoms with E-state index >= 15 is 0 Å². The molecule has 0 aliphatic carbocycles. The van der Waals surface area contributed by atoms with Crippen molar-refractivity contribution >= 4 is 22.6 Å². The van der Waals surface area contributed by atoms with Crippen LogP contribution in [0, 0.1) is 19.7 Å². The molecule has 1 atom stereocenters. The molecular weight excluding hydrogens is 343 g/mol. The van der Waals surface area contributed by atoms with E-state index in [-0.39, 0.29) is 17.1 Å². The number of rotatable bonds is 5. The predicted octanol–water partition coefficient (Wildman–Crippen LogP) is 2.15. The third-order valence-corrected chi connectivity index (χ3v) is 4.56. The van der Waals surface area contributed by atoms with Gasteiger partial charge in [-0.2, -0.15) is 0 Å². The first-order chi connectivity index (χ1) is 11.8. The molecule has 5 nitrogen and oxygen atoms in total. The molecule has 0 saturated carbocycles. The maximum absolute atomic E-state index is 12.8. The van der Waals surface area contributed by atoms with E-state index in [9.17, 15) is 18.2 Å². The van der Waals surface area contributed by atoms with Gasteiger partial charge in [-0.15, -0.1) is 0 Å². The normalized spacial score (nSPS) is 11.6. The van der Waals surface area contributed by atoms with E-state index in [1.807, 2.05) is 32.0 Å². The second-order valence-corrected chi connectivity index (χ2v) is 7.19. The van der Waals surface area contributed by atoms with Crippen molar-refractivity contribution in [1.82, 2.24) is 10.9 Å². The fourth-order valence-corrected chi connectivity index (χ4v) is 3.38. The molecule has 7 heteroatoms. The molecule has 0 spiro atoms. The highest BCUT2D eigenvalue weighted by Gasteiger charge is 2.11. The highest BCUT2D eigenvalue weighted by molar-refractivity contribution is 7.84. The highest BCUT2D eigenvalue weighted by atomic mass is 32.2. The van der Waals surface area contributed by atoms with Crippen LogP contribution in [0.3, 0.4) is 0 Å². The summed E-state index contributed by atoms with van der Waals surface area (Å²) in [4.78, 5) is 23.6. The number of halogens is 1. The van der Waals surface area contributed by atoms with Crippen LogP contribution in [0.5, 0.6) is 0 Å². The third-order valence-electron chi connectivity index (χ3n) is 3.32. The van der Waals surface area contributed by atoms with Crippen molar-refractivity contribution in [2.24, 2.45) is 0 Å². The smallest absolute Gasteiger partial charge is 0.269 e. The summed E-state index contributed by atoms with van der Waals surface area (Å²) in [6.07, 6.45) is 0. The van der Waals surface area contributed by atoms with E-state index in [0.29, 0.717) is 0 Å². The van der Waals surface area contributed by atoms with Crippen LogP contribution >= 0.6 is 0 Å². The van der Waals surface area contributed by atoms with Gasteiger partial charge in [0.05, 0.1) is 0 Å². The second-order valence-electron chi connectivity index (χ2n) is 5.73. The van der Waals surface area contributed by atoms with Crippen LogP contribution in [0.25, 0.3) is 0 Å². The van der Waals surface area contributed by atoms with Crippen molar-refractivity contribution in [2.75, 3.05) is 5.75 Å². The molecule has 2 aromatic rings. The van der Waals surface area contributed by atoms with Crippen LogP contribution in [-0.4, -0.2) is 21.8 Å². The summed E-state index contributed by atoms with van der Waals surface area (Å²) >= 11 is 0. The monoisotopic (exact) mass is 362 g/mol. The average Bonchev–Trinajstić information content (AvgIpc) is 2.52. The largest absolute Gasteiger partial charge is 0.272 e. The van der Waals surface area contributed by atoms with Gasteiger partial charge in [0.2, 0.25) is 0 Å². The Morgan fingerprint density at radius 2 is 1.60 bits per heavy atom. The Morgan fingerprint density at radius 1 is 1.00 bits per heavy atom. The molecule has 0 radical (unpaired) electrons. The molecule has 2 N–H and O–H groups in total. The summed E-state index contributed by atoms with van der Waals surface area (Å²) < 4.78 is 24.9. The molecular formula is C18H19FN2O3S. The van der Waals surface area contributed by atoms with Gasteiger partial charge in [0.15, 0.2) is 0 Å². The minimum absolute atomic E-state index is 0.207. The fraction of sp³-hybridized carbons (Fsp3) is 0.222. The number of amides is 2. The molecule has 0 unspecified atom stereocenters. The molecule has 0 heterocycles. The summed E-state index contributed by atoms with van der Waals surface area (Å²) in [7, 11) is -1.39. The van der Waals surface area contributed by atoms with E-state index in [4.69, 9.17) is 0 Å². The molecule has 0 aromatic heterocycles. The number of carbonyl (C=O) groups is 2. The van der Waals surface area contributed by atoms with E-state index in [1.165, 1.54) is 12.1 Å². The van der Waals surface area contributed by atoms with Gasteiger partial charge in [0, 0.05) is 22.1 Å². The SMILES string of the molecule is Cc1cc(C)cc(C[S@](=O)CC(=O)NNC(=O)c2ccc(F)cc2)c1. The Kier molecular flexibility index (Phi) is 6.41. The predicted molar refractivity (Wildman–Crippen MR) is 94.6 cm³/mol. The highest BCUT2D eigenvalue weighted by Crippen LogP contribution is 2.11. The van der Waals surface area contributed by atoms with Gasteiger partial charge in [-0.05, 0) is 43.7 Å². The topological polar surface area (TPSA) is 75.3 Å². The molecule has 0 aliphatic rings. The van der Waals surface area contributed by atoms with Gasteiger partial charge in [-0.3, -0.25) is 24.6 Å². The first-order valence-electron chi connectivity index (χ1n) is 7.60. The van der Waals surface area contributed by atoms with Crippen LogP contribution in [-0.2, 0) is 21.3 Å². The minimum Gasteiger partial charge on any atom is -0.272 e. The number of aryl methyl sites for hydroxylation is 2. The lowest BCUT2D eigenvalue weighted by atomic mass is 10.1. The zero-order valence-electron chi connectivity index (χ0n) is 14.0. The van der Waals surface area contributed by atoms with Crippen LogP contribution in [0.4, 0.5) is 4.39 Å². The minimum atomic E-state index is -1.39. The fourth-order valence-electron chi connectivity index (χ4n) is 2.37. The summed E-state index contributed by atoms with van der Waals surface area (Å²) in [5, 5.41) is 0. The summed E-state index contributed by atoms with van der Waals surface area (Å²) in [6.45, 7) is 3.91. The zero-order valence-corrected chi connectivity index (χ0v) is 14.8. The van der Waals surface area contributed by atoms with Gasteiger partial charge in [-0.25, -0.2) is 4.39 Å². The van der Waals surface area contributed by atoms with Crippen molar-refractivity contribution in [1.29, 1.82) is 0 Å². The molecule has 0 aliphatic heterocycles. The summed E-state index contributed by atoms with van der Waals surface area (Å²) in [5.41, 5.74) is 7.67. The van der Waals surface area contributed by atoms with E-state index < -0.39 is 28.4 Å². The number of hydrogen-bond acceptors (Lipinski definition) is 3. The van der Waals surface area contributed by atoms with Crippen molar-refractivity contribution in [2.45, 2.75) is 19.6 Å². The van der Waals surface area contributed by atoms with Crippen LogP contribution in [0.1, 0.15) is 27.0 Å². The number of benzene rings is 2. The summed E-state index contributed by atoms with van der Waals surface area (Å²) in [5.74, 6) is -1.55. The van der Waals surface area contributed by atoms with Gasteiger partial charge >= 0.3 is 0 Å². The number of hydrogen-bond donors (Lipinski definition) is 2. The standard InChI is InChI=1S/C18H19FN2O3S/c1-12-7-13(2)9-14(8-12)10-25(24)11-17(22)20-21-18(23)15-3-5-16(19)6-4-15/h3-9H,10-11H2,1-2H3,(H,20,22)(H,21,23)/t25-/m0/s1. The maximum Gasteiger partial charge on any atom is 0.269 e. The Morgan fingerprint density at radius 3 is 2.20 bits per heavy atom. The molecule has 25 heavy (non-hydrogen) atoms. The second kappa shape index (κ2) is 8.53. The maximum atomic E-state index is 12.8. The first kappa shape index (κ1) is 18.8. The van der Waals surface area contributed by atoms with E-state index in [1.54, 1.807) is 0 Å². The van der Waals surface area contributed by atoms with Crippen LogP contribution in [0.2, 0.25) is 0 Å².